The van der Waals surface area contributed by atoms with Crippen molar-refractivity contribution < 1.29 is 37.2 Å². The second-order valence-electron chi connectivity index (χ2n) is 8.83. The lowest BCUT2D eigenvalue weighted by atomic mass is 9.89. The van der Waals surface area contributed by atoms with E-state index in [-0.39, 0.29) is 30.8 Å². The lowest BCUT2D eigenvalue weighted by Crippen LogP contribution is -2.42. The van der Waals surface area contributed by atoms with Gasteiger partial charge in [0.1, 0.15) is 6.73 Å². The Kier molecular flexibility index (Phi) is 8.19. The van der Waals surface area contributed by atoms with Crippen LogP contribution in [0, 0.1) is 5.41 Å². The molecular weight excluding hydrogens is 454 g/mol. The quantitative estimate of drug-likeness (QED) is 0.272. The molecule has 1 N–H and O–H groups in total. The summed E-state index contributed by atoms with van der Waals surface area (Å²) in [6.07, 6.45) is -0.190. The molecule has 11 nitrogen and oxygen atoms in total. The number of benzene rings is 1. The van der Waals surface area contributed by atoms with Gasteiger partial charge < -0.3 is 19.3 Å². The number of aliphatic carboxylic acids is 1. The van der Waals surface area contributed by atoms with E-state index in [0.29, 0.717) is 32.0 Å². The van der Waals surface area contributed by atoms with Gasteiger partial charge in [0.25, 0.3) is 11.8 Å². The lowest BCUT2D eigenvalue weighted by Gasteiger charge is -2.31. The van der Waals surface area contributed by atoms with Crippen LogP contribution in [0.15, 0.2) is 18.2 Å². The molecule has 2 aliphatic heterocycles. The fraction of sp³-hybridized carbons (Fsp3) is 0.571. The summed E-state index contributed by atoms with van der Waals surface area (Å²) in [6.45, 7) is 6.96. The summed E-state index contributed by atoms with van der Waals surface area (Å²) in [5.41, 5.74) is 0.179. The normalized spacial score (nSPS) is 17.8. The first kappa shape index (κ1) is 25.2. The zero-order chi connectivity index (χ0) is 24.2. The average Bonchev–Trinajstić information content (AvgIpc) is 2.97. The second kappa shape index (κ2) is 10.7. The largest absolute Gasteiger partial charge is 0.750 e. The number of carbonyl (C=O) groups excluding carboxylic acids is 2. The molecule has 1 aromatic rings. The summed E-state index contributed by atoms with van der Waals surface area (Å²) in [4.78, 5) is 41.9. The molecular formula is C21H28N3O8S-. The Morgan fingerprint density at radius 3 is 2.55 bits per heavy atom. The standard InChI is InChI=1S/C21H29N3O8S/c1-21(2,12-18(25)26)13-24-19(27)16-4-3-15(11-17(16)20(24)28)23(14-32-33(29)30)6-5-22-7-9-31-10-8-22/h3-4,11H,5-10,12-14H2,1-2H3,(H,25,26)(H,29,30)/p-1. The zero-order valence-corrected chi connectivity index (χ0v) is 19.5. The number of rotatable bonds is 11. The topological polar surface area (TPSA) is 140 Å². The number of anilines is 1. The highest BCUT2D eigenvalue weighted by atomic mass is 32.2. The molecule has 33 heavy (non-hydrogen) atoms. The molecule has 2 heterocycles. The Morgan fingerprint density at radius 2 is 1.91 bits per heavy atom. The third kappa shape index (κ3) is 6.58. The lowest BCUT2D eigenvalue weighted by molar-refractivity contribution is -0.139. The minimum Gasteiger partial charge on any atom is -0.750 e. The number of amides is 2. The van der Waals surface area contributed by atoms with Crippen LogP contribution in [0.25, 0.3) is 0 Å². The number of ether oxygens (including phenoxy) is 1. The zero-order valence-electron chi connectivity index (χ0n) is 18.7. The summed E-state index contributed by atoms with van der Waals surface area (Å²) < 4.78 is 32.0. The molecule has 0 bridgehead atoms. The van der Waals surface area contributed by atoms with Crippen molar-refractivity contribution in [2.75, 3.05) is 57.6 Å². The highest BCUT2D eigenvalue weighted by Gasteiger charge is 2.39. The van der Waals surface area contributed by atoms with Gasteiger partial charge in [0, 0.05) is 38.4 Å². The first-order chi connectivity index (χ1) is 15.6. The van der Waals surface area contributed by atoms with Crippen LogP contribution in [0.2, 0.25) is 0 Å². The molecule has 0 aromatic heterocycles. The van der Waals surface area contributed by atoms with Gasteiger partial charge in [0.2, 0.25) is 0 Å². The number of hydrogen-bond donors (Lipinski definition) is 1. The third-order valence-electron chi connectivity index (χ3n) is 5.63. The van der Waals surface area contributed by atoms with Crippen LogP contribution in [-0.4, -0.2) is 94.1 Å². The molecule has 1 unspecified atom stereocenters. The Bertz CT molecular complexity index is 932. The van der Waals surface area contributed by atoms with Gasteiger partial charge in [-0.25, -0.2) is 4.21 Å². The predicted molar refractivity (Wildman–Crippen MR) is 117 cm³/mol. The van der Waals surface area contributed by atoms with Crippen molar-refractivity contribution in [2.24, 2.45) is 5.41 Å². The van der Waals surface area contributed by atoms with Crippen molar-refractivity contribution in [3.05, 3.63) is 29.3 Å². The number of imide groups is 1. The van der Waals surface area contributed by atoms with Gasteiger partial charge in [-0.05, 0) is 23.6 Å². The van der Waals surface area contributed by atoms with Gasteiger partial charge in [0.15, 0.2) is 0 Å². The number of carbonyl (C=O) groups is 3. The molecule has 3 rings (SSSR count). The molecule has 0 radical (unpaired) electrons. The van der Waals surface area contributed by atoms with E-state index in [9.17, 15) is 23.1 Å². The van der Waals surface area contributed by atoms with E-state index in [2.05, 4.69) is 4.90 Å². The Balaban J connectivity index is 1.78. The van der Waals surface area contributed by atoms with Crippen LogP contribution in [0.4, 0.5) is 5.69 Å². The van der Waals surface area contributed by atoms with Crippen LogP contribution in [0.3, 0.4) is 0 Å². The molecule has 1 saturated heterocycles. The Hall–Kier alpha value is -2.38. The van der Waals surface area contributed by atoms with Gasteiger partial charge in [-0.2, -0.15) is 0 Å². The Morgan fingerprint density at radius 1 is 1.24 bits per heavy atom. The molecule has 0 aliphatic carbocycles. The molecule has 1 aromatic carbocycles. The van der Waals surface area contributed by atoms with E-state index in [4.69, 9.17) is 14.0 Å². The van der Waals surface area contributed by atoms with Crippen molar-refractivity contribution in [1.29, 1.82) is 0 Å². The van der Waals surface area contributed by atoms with Gasteiger partial charge in [0.05, 0.1) is 42.1 Å². The minimum absolute atomic E-state index is 0.0278. The van der Waals surface area contributed by atoms with Crippen molar-refractivity contribution >= 4 is 34.8 Å². The minimum atomic E-state index is -2.70. The SMILES string of the molecule is CC(C)(CC(=O)O)CN1C(=O)c2ccc(N(CCN3CCOCC3)COS(=O)[O-])cc2C1=O. The summed E-state index contributed by atoms with van der Waals surface area (Å²) in [5.74, 6) is -1.99. The highest BCUT2D eigenvalue weighted by Crippen LogP contribution is 2.31. The van der Waals surface area contributed by atoms with Crippen LogP contribution in [0.5, 0.6) is 0 Å². The number of morpholine rings is 1. The summed E-state index contributed by atoms with van der Waals surface area (Å²) in [7, 11) is 0. The van der Waals surface area contributed by atoms with Crippen LogP contribution in [0.1, 0.15) is 41.0 Å². The van der Waals surface area contributed by atoms with E-state index in [0.717, 1.165) is 18.0 Å². The first-order valence-electron chi connectivity index (χ1n) is 10.6. The van der Waals surface area contributed by atoms with Crippen LogP contribution in [-0.2, 0) is 25.1 Å². The average molecular weight is 483 g/mol. The number of fused-ring (bicyclic) bond motifs is 1. The molecule has 12 heteroatoms. The van der Waals surface area contributed by atoms with Crippen molar-refractivity contribution in [2.45, 2.75) is 20.3 Å². The molecule has 1 atom stereocenters. The summed E-state index contributed by atoms with van der Waals surface area (Å²) in [5, 5.41) is 9.10. The number of carboxylic acid groups (broad SMARTS) is 1. The maximum atomic E-state index is 13.0. The van der Waals surface area contributed by atoms with Crippen LogP contribution < -0.4 is 4.90 Å². The van der Waals surface area contributed by atoms with Crippen molar-refractivity contribution in [3.8, 4) is 0 Å². The highest BCUT2D eigenvalue weighted by molar-refractivity contribution is 7.74. The molecule has 2 aliphatic rings. The molecule has 0 saturated carbocycles. The van der Waals surface area contributed by atoms with Crippen molar-refractivity contribution in [1.82, 2.24) is 9.80 Å². The molecule has 182 valence electrons. The third-order valence-corrected chi connectivity index (χ3v) is 5.93. The molecule has 1 fully saturated rings. The van der Waals surface area contributed by atoms with E-state index in [1.54, 1.807) is 30.9 Å². The maximum absolute atomic E-state index is 13.0. The maximum Gasteiger partial charge on any atom is 0.303 e. The number of nitrogens with zero attached hydrogens (tertiary/aromatic N) is 3. The van der Waals surface area contributed by atoms with Gasteiger partial charge in [-0.1, -0.05) is 13.8 Å². The first-order valence-corrected chi connectivity index (χ1v) is 11.6. The monoisotopic (exact) mass is 482 g/mol. The fourth-order valence-corrected chi connectivity index (χ4v) is 4.19. The summed E-state index contributed by atoms with van der Waals surface area (Å²) in [6, 6.07) is 4.73. The smallest absolute Gasteiger partial charge is 0.303 e. The number of carboxylic acids is 1. The van der Waals surface area contributed by atoms with Gasteiger partial charge in [-0.3, -0.25) is 28.4 Å². The van der Waals surface area contributed by atoms with E-state index >= 15 is 0 Å². The molecule has 0 spiro atoms. The van der Waals surface area contributed by atoms with E-state index in [1.807, 2.05) is 0 Å². The van der Waals surface area contributed by atoms with Crippen molar-refractivity contribution in [3.63, 3.8) is 0 Å². The number of hydrogen-bond acceptors (Lipinski definition) is 9. The fourth-order valence-electron chi connectivity index (χ4n) is 3.97. The van der Waals surface area contributed by atoms with Gasteiger partial charge in [-0.15, -0.1) is 0 Å². The van der Waals surface area contributed by atoms with Crippen LogP contribution >= 0.6 is 0 Å². The van der Waals surface area contributed by atoms with Gasteiger partial charge >= 0.3 is 5.97 Å². The van der Waals surface area contributed by atoms with E-state index < -0.39 is 34.6 Å². The predicted octanol–water partition coefficient (Wildman–Crippen LogP) is 0.690. The Labute approximate surface area is 194 Å². The summed E-state index contributed by atoms with van der Waals surface area (Å²) >= 11 is -2.70. The second-order valence-corrected chi connectivity index (χ2v) is 9.47. The van der Waals surface area contributed by atoms with E-state index in [1.165, 1.54) is 6.07 Å². The molecule has 2 amide bonds.